The quantitative estimate of drug-likeness (QED) is 0.507. The third kappa shape index (κ3) is 1.01. The Morgan fingerprint density at radius 1 is 1.38 bits per heavy atom. The van der Waals surface area contributed by atoms with Crippen LogP contribution in [0.15, 0.2) is 0 Å². The third-order valence-electron chi connectivity index (χ3n) is 2.02. The van der Waals surface area contributed by atoms with E-state index >= 15 is 0 Å². The first-order chi connectivity index (χ1) is 3.84. The first kappa shape index (κ1) is 6.05. The Morgan fingerprint density at radius 3 is 2.38 bits per heavy atom. The molecule has 4 N–H and O–H groups in total. The Morgan fingerprint density at radius 2 is 2.12 bits per heavy atom. The van der Waals surface area contributed by atoms with Gasteiger partial charge >= 0.3 is 0 Å². The maximum absolute atomic E-state index is 5.71. The van der Waals surface area contributed by atoms with Gasteiger partial charge in [-0.05, 0) is 25.3 Å². The summed E-state index contributed by atoms with van der Waals surface area (Å²) < 4.78 is 0. The lowest BCUT2D eigenvalue weighted by Gasteiger charge is -2.10. The molecule has 1 aliphatic rings. The molecule has 0 spiro atoms. The average molecular weight is 114 g/mol. The molecule has 1 rings (SSSR count). The monoisotopic (exact) mass is 114 g/mol. The summed E-state index contributed by atoms with van der Waals surface area (Å²) in [5.41, 5.74) is 11.2. The van der Waals surface area contributed by atoms with Crippen molar-refractivity contribution in [1.29, 1.82) is 0 Å². The minimum absolute atomic E-state index is 0.403. The molecule has 0 aromatic heterocycles. The van der Waals surface area contributed by atoms with E-state index in [0.717, 1.165) is 6.54 Å². The highest BCUT2D eigenvalue weighted by Crippen LogP contribution is 2.22. The molecule has 2 heteroatoms. The van der Waals surface area contributed by atoms with Gasteiger partial charge in [-0.2, -0.15) is 0 Å². The van der Waals surface area contributed by atoms with Crippen LogP contribution in [0.3, 0.4) is 0 Å². The van der Waals surface area contributed by atoms with Crippen LogP contribution < -0.4 is 11.5 Å². The zero-order valence-corrected chi connectivity index (χ0v) is 5.14. The first-order valence-corrected chi connectivity index (χ1v) is 3.30. The Balaban J connectivity index is 2.30. The second kappa shape index (κ2) is 2.46. The molecule has 1 aliphatic carbocycles. The zero-order chi connectivity index (χ0) is 5.98. The summed E-state index contributed by atoms with van der Waals surface area (Å²) >= 11 is 0. The largest absolute Gasteiger partial charge is 0.330 e. The van der Waals surface area contributed by atoms with Crippen LogP contribution >= 0.6 is 0 Å². The number of nitrogens with two attached hydrogens (primary N) is 2. The molecule has 0 aliphatic heterocycles. The highest BCUT2D eigenvalue weighted by atomic mass is 14.7. The van der Waals surface area contributed by atoms with Gasteiger partial charge in [-0.15, -0.1) is 0 Å². The van der Waals surface area contributed by atoms with E-state index in [1.165, 1.54) is 19.3 Å². The van der Waals surface area contributed by atoms with E-state index in [-0.39, 0.29) is 0 Å². The van der Waals surface area contributed by atoms with Gasteiger partial charge in [0.2, 0.25) is 0 Å². The van der Waals surface area contributed by atoms with E-state index in [4.69, 9.17) is 11.5 Å². The van der Waals surface area contributed by atoms with Crippen LogP contribution in [0.4, 0.5) is 0 Å². The summed E-state index contributed by atoms with van der Waals surface area (Å²) in [7, 11) is 0. The second-order valence-electron chi connectivity index (χ2n) is 2.59. The molecule has 2 atom stereocenters. The third-order valence-corrected chi connectivity index (χ3v) is 2.02. The molecule has 8 heavy (non-hydrogen) atoms. The summed E-state index contributed by atoms with van der Waals surface area (Å²) in [6.45, 7) is 0.779. The number of hydrogen-bond donors (Lipinski definition) is 2. The van der Waals surface area contributed by atoms with E-state index < -0.39 is 0 Å². The van der Waals surface area contributed by atoms with Crippen molar-refractivity contribution in [2.75, 3.05) is 6.54 Å². The van der Waals surface area contributed by atoms with Crippen molar-refractivity contribution in [3.05, 3.63) is 0 Å². The summed E-state index contributed by atoms with van der Waals surface area (Å²) in [6.07, 6.45) is 3.71. The van der Waals surface area contributed by atoms with Gasteiger partial charge < -0.3 is 11.5 Å². The molecule has 0 aromatic rings. The molecular weight excluding hydrogens is 100 g/mol. The van der Waals surface area contributed by atoms with Crippen molar-refractivity contribution in [1.82, 2.24) is 0 Å². The maximum atomic E-state index is 5.71. The van der Waals surface area contributed by atoms with E-state index in [1.807, 2.05) is 0 Å². The molecule has 2 nitrogen and oxygen atoms in total. The molecule has 0 saturated heterocycles. The normalized spacial score (nSPS) is 38.2. The highest BCUT2D eigenvalue weighted by Gasteiger charge is 2.21. The summed E-state index contributed by atoms with van der Waals surface area (Å²) in [5.74, 6) is 0.620. The van der Waals surface area contributed by atoms with Gasteiger partial charge in [0, 0.05) is 6.04 Å². The molecule has 0 bridgehead atoms. The molecule has 1 fully saturated rings. The van der Waals surface area contributed by atoms with E-state index in [2.05, 4.69) is 0 Å². The topological polar surface area (TPSA) is 52.0 Å². The second-order valence-corrected chi connectivity index (χ2v) is 2.59. The number of hydrogen-bond acceptors (Lipinski definition) is 2. The highest BCUT2D eigenvalue weighted by molar-refractivity contribution is 4.80. The standard InChI is InChI=1S/C6H14N2/c7-4-5-2-1-3-6(5)8/h5-6H,1-4,7-8H2/t5-,6+/m1/s1. The molecule has 1 saturated carbocycles. The molecule has 48 valence electrons. The van der Waals surface area contributed by atoms with Gasteiger partial charge in [-0.3, -0.25) is 0 Å². The lowest BCUT2D eigenvalue weighted by molar-refractivity contribution is 0.492. The van der Waals surface area contributed by atoms with Gasteiger partial charge in [0.05, 0.1) is 0 Å². The van der Waals surface area contributed by atoms with Crippen LogP contribution in [-0.2, 0) is 0 Å². The molecular formula is C6H14N2. The fourth-order valence-electron chi connectivity index (χ4n) is 1.36. The van der Waals surface area contributed by atoms with Crippen molar-refractivity contribution in [2.24, 2.45) is 17.4 Å². The van der Waals surface area contributed by atoms with E-state index in [1.54, 1.807) is 0 Å². The molecule has 0 amide bonds. The van der Waals surface area contributed by atoms with Gasteiger partial charge in [0.1, 0.15) is 0 Å². The van der Waals surface area contributed by atoms with Crippen molar-refractivity contribution < 1.29 is 0 Å². The van der Waals surface area contributed by atoms with E-state index in [9.17, 15) is 0 Å². The first-order valence-electron chi connectivity index (χ1n) is 3.30. The fourth-order valence-corrected chi connectivity index (χ4v) is 1.36. The fraction of sp³-hybridized carbons (Fsp3) is 1.00. The van der Waals surface area contributed by atoms with Crippen LogP contribution in [0, 0.1) is 5.92 Å². The Labute approximate surface area is 50.2 Å². The van der Waals surface area contributed by atoms with Crippen molar-refractivity contribution in [3.8, 4) is 0 Å². The summed E-state index contributed by atoms with van der Waals surface area (Å²) in [6, 6.07) is 0.403. The zero-order valence-electron chi connectivity index (χ0n) is 5.14. The van der Waals surface area contributed by atoms with Gasteiger partial charge in [0.15, 0.2) is 0 Å². The minimum atomic E-state index is 0.403. The minimum Gasteiger partial charge on any atom is -0.330 e. The van der Waals surface area contributed by atoms with Crippen LogP contribution in [0.2, 0.25) is 0 Å². The lowest BCUT2D eigenvalue weighted by atomic mass is 10.1. The Hall–Kier alpha value is -0.0800. The van der Waals surface area contributed by atoms with Crippen LogP contribution in [0.25, 0.3) is 0 Å². The smallest absolute Gasteiger partial charge is 0.00792 e. The Kier molecular flexibility index (Phi) is 1.86. The SMILES string of the molecule is NC[C@H]1CCC[C@@H]1N. The lowest BCUT2D eigenvalue weighted by Crippen LogP contribution is -2.29. The van der Waals surface area contributed by atoms with Crippen LogP contribution in [0.1, 0.15) is 19.3 Å². The van der Waals surface area contributed by atoms with Crippen LogP contribution in [-0.4, -0.2) is 12.6 Å². The van der Waals surface area contributed by atoms with Gasteiger partial charge in [0.25, 0.3) is 0 Å². The summed E-state index contributed by atoms with van der Waals surface area (Å²) in [5, 5.41) is 0. The Bertz CT molecular complexity index is 72.9. The number of rotatable bonds is 1. The van der Waals surface area contributed by atoms with Crippen molar-refractivity contribution in [2.45, 2.75) is 25.3 Å². The van der Waals surface area contributed by atoms with Crippen LogP contribution in [0.5, 0.6) is 0 Å². The van der Waals surface area contributed by atoms with Gasteiger partial charge in [-0.25, -0.2) is 0 Å². The predicted octanol–water partition coefficient (Wildman–Crippen LogP) is 0.0725. The van der Waals surface area contributed by atoms with Crippen molar-refractivity contribution in [3.63, 3.8) is 0 Å². The molecule has 0 radical (unpaired) electrons. The molecule has 0 unspecified atom stereocenters. The van der Waals surface area contributed by atoms with E-state index in [0.29, 0.717) is 12.0 Å². The molecule has 0 aromatic carbocycles. The maximum Gasteiger partial charge on any atom is 0.00792 e. The summed E-state index contributed by atoms with van der Waals surface area (Å²) in [4.78, 5) is 0. The van der Waals surface area contributed by atoms with Crippen molar-refractivity contribution >= 4 is 0 Å². The molecule has 0 heterocycles. The predicted molar refractivity (Wildman–Crippen MR) is 34.4 cm³/mol. The average Bonchev–Trinajstić information content (AvgIpc) is 2.14. The van der Waals surface area contributed by atoms with Gasteiger partial charge in [-0.1, -0.05) is 6.42 Å².